The van der Waals surface area contributed by atoms with Gasteiger partial charge in [0, 0.05) is 6.04 Å². The van der Waals surface area contributed by atoms with E-state index in [9.17, 15) is 5.11 Å². The third kappa shape index (κ3) is 0.858. The first-order valence-corrected chi connectivity index (χ1v) is 3.09. The van der Waals surface area contributed by atoms with Crippen LogP contribution in [-0.2, 0) is 0 Å². The van der Waals surface area contributed by atoms with Crippen LogP contribution >= 0.6 is 0 Å². The van der Waals surface area contributed by atoms with E-state index in [0.717, 1.165) is 13.0 Å². The molecule has 0 radical (unpaired) electrons. The van der Waals surface area contributed by atoms with Crippen molar-refractivity contribution in [3.05, 3.63) is 0 Å². The van der Waals surface area contributed by atoms with Crippen LogP contribution < -0.4 is 5.32 Å². The Kier molecular flexibility index (Phi) is 1.29. The standard InChI is InChI=1S/C6H13NO/c1-5-6(2,8)3-4-7-5/h5,7-8H,3-4H2,1-2H3. The molecule has 0 aliphatic carbocycles. The van der Waals surface area contributed by atoms with E-state index in [1.165, 1.54) is 0 Å². The molecule has 1 rings (SSSR count). The van der Waals surface area contributed by atoms with Gasteiger partial charge < -0.3 is 10.4 Å². The molecule has 2 N–H and O–H groups in total. The van der Waals surface area contributed by atoms with Crippen LogP contribution in [0.4, 0.5) is 0 Å². The second-order valence-corrected chi connectivity index (χ2v) is 2.78. The summed E-state index contributed by atoms with van der Waals surface area (Å²) in [5, 5.41) is 12.6. The van der Waals surface area contributed by atoms with Crippen LogP contribution in [0, 0.1) is 0 Å². The molecule has 2 unspecified atom stereocenters. The van der Waals surface area contributed by atoms with Crippen LogP contribution in [0.2, 0.25) is 0 Å². The third-order valence-corrected chi connectivity index (χ3v) is 2.01. The average molecular weight is 115 g/mol. The van der Waals surface area contributed by atoms with E-state index in [1.807, 2.05) is 13.8 Å². The first kappa shape index (κ1) is 6.05. The van der Waals surface area contributed by atoms with Gasteiger partial charge in [-0.15, -0.1) is 0 Å². The Bertz CT molecular complexity index is 90.5. The maximum atomic E-state index is 9.40. The Morgan fingerprint density at radius 3 is 2.50 bits per heavy atom. The quantitative estimate of drug-likeness (QED) is 0.470. The number of hydrogen-bond acceptors (Lipinski definition) is 2. The molecular weight excluding hydrogens is 102 g/mol. The maximum Gasteiger partial charge on any atom is 0.0781 e. The second kappa shape index (κ2) is 1.71. The number of rotatable bonds is 0. The van der Waals surface area contributed by atoms with Gasteiger partial charge in [0.1, 0.15) is 0 Å². The SMILES string of the molecule is CC1NCCC1(C)O. The van der Waals surface area contributed by atoms with Crippen molar-refractivity contribution in [1.82, 2.24) is 5.32 Å². The molecular formula is C6H13NO. The molecule has 0 aromatic heterocycles. The monoisotopic (exact) mass is 115 g/mol. The molecule has 0 aromatic carbocycles. The highest BCUT2D eigenvalue weighted by Gasteiger charge is 2.32. The van der Waals surface area contributed by atoms with Crippen LogP contribution in [0.25, 0.3) is 0 Å². The minimum Gasteiger partial charge on any atom is -0.389 e. The molecule has 2 atom stereocenters. The normalized spacial score (nSPS) is 47.6. The Morgan fingerprint density at radius 2 is 2.38 bits per heavy atom. The first-order chi connectivity index (χ1) is 3.63. The van der Waals surface area contributed by atoms with Crippen LogP contribution in [0.1, 0.15) is 20.3 Å². The van der Waals surface area contributed by atoms with Gasteiger partial charge in [-0.3, -0.25) is 0 Å². The highest BCUT2D eigenvalue weighted by Crippen LogP contribution is 2.18. The molecule has 0 saturated carbocycles. The largest absolute Gasteiger partial charge is 0.389 e. The van der Waals surface area contributed by atoms with Crippen LogP contribution in [0.15, 0.2) is 0 Å². The Hall–Kier alpha value is -0.0800. The summed E-state index contributed by atoms with van der Waals surface area (Å²) in [5.41, 5.74) is -0.458. The molecule has 0 aromatic rings. The van der Waals surface area contributed by atoms with Crippen molar-refractivity contribution in [2.45, 2.75) is 31.9 Å². The molecule has 8 heavy (non-hydrogen) atoms. The van der Waals surface area contributed by atoms with E-state index in [4.69, 9.17) is 0 Å². The van der Waals surface area contributed by atoms with Gasteiger partial charge in [-0.05, 0) is 26.8 Å². The van der Waals surface area contributed by atoms with Gasteiger partial charge in [0.05, 0.1) is 5.60 Å². The molecule has 1 heterocycles. The molecule has 1 saturated heterocycles. The molecule has 0 amide bonds. The van der Waals surface area contributed by atoms with Gasteiger partial charge in [0.2, 0.25) is 0 Å². The summed E-state index contributed by atoms with van der Waals surface area (Å²) in [6.07, 6.45) is 0.883. The van der Waals surface area contributed by atoms with E-state index < -0.39 is 5.60 Å². The lowest BCUT2D eigenvalue weighted by Gasteiger charge is -2.20. The van der Waals surface area contributed by atoms with Gasteiger partial charge in [0.25, 0.3) is 0 Å². The zero-order valence-corrected chi connectivity index (χ0v) is 5.44. The van der Waals surface area contributed by atoms with Crippen molar-refractivity contribution in [2.75, 3.05) is 6.54 Å². The third-order valence-electron chi connectivity index (χ3n) is 2.01. The number of aliphatic hydroxyl groups is 1. The average Bonchev–Trinajstić information content (AvgIpc) is 1.86. The lowest BCUT2D eigenvalue weighted by Crippen LogP contribution is -2.36. The second-order valence-electron chi connectivity index (χ2n) is 2.78. The zero-order chi connectivity index (χ0) is 6.20. The topological polar surface area (TPSA) is 32.3 Å². The van der Waals surface area contributed by atoms with Gasteiger partial charge in [-0.1, -0.05) is 0 Å². The fourth-order valence-electron chi connectivity index (χ4n) is 0.978. The summed E-state index contributed by atoms with van der Waals surface area (Å²) >= 11 is 0. The first-order valence-electron chi connectivity index (χ1n) is 3.09. The molecule has 0 bridgehead atoms. The smallest absolute Gasteiger partial charge is 0.0781 e. The molecule has 1 aliphatic heterocycles. The molecule has 2 heteroatoms. The van der Waals surface area contributed by atoms with E-state index in [2.05, 4.69) is 5.32 Å². The van der Waals surface area contributed by atoms with Gasteiger partial charge in [-0.25, -0.2) is 0 Å². The van der Waals surface area contributed by atoms with Gasteiger partial charge >= 0.3 is 0 Å². The van der Waals surface area contributed by atoms with Gasteiger partial charge in [0.15, 0.2) is 0 Å². The number of hydrogen-bond donors (Lipinski definition) is 2. The van der Waals surface area contributed by atoms with E-state index in [-0.39, 0.29) is 6.04 Å². The minimum absolute atomic E-state index is 0.266. The van der Waals surface area contributed by atoms with Crippen molar-refractivity contribution < 1.29 is 5.11 Å². The molecule has 0 spiro atoms. The molecule has 1 aliphatic rings. The van der Waals surface area contributed by atoms with E-state index in [0.29, 0.717) is 0 Å². The molecule has 2 nitrogen and oxygen atoms in total. The summed E-state index contributed by atoms with van der Waals surface area (Å²) in [6.45, 7) is 4.83. The molecule has 48 valence electrons. The zero-order valence-electron chi connectivity index (χ0n) is 5.44. The van der Waals surface area contributed by atoms with Gasteiger partial charge in [-0.2, -0.15) is 0 Å². The van der Waals surface area contributed by atoms with Crippen LogP contribution in [0.3, 0.4) is 0 Å². The van der Waals surface area contributed by atoms with Crippen molar-refractivity contribution >= 4 is 0 Å². The molecule has 1 fully saturated rings. The fourth-order valence-corrected chi connectivity index (χ4v) is 0.978. The maximum absolute atomic E-state index is 9.40. The summed E-state index contributed by atoms with van der Waals surface area (Å²) < 4.78 is 0. The lowest BCUT2D eigenvalue weighted by atomic mass is 9.99. The number of nitrogens with one attached hydrogen (secondary N) is 1. The lowest BCUT2D eigenvalue weighted by molar-refractivity contribution is 0.0528. The van der Waals surface area contributed by atoms with E-state index >= 15 is 0 Å². The van der Waals surface area contributed by atoms with Crippen LogP contribution in [-0.4, -0.2) is 23.3 Å². The highest BCUT2D eigenvalue weighted by molar-refractivity contribution is 4.90. The van der Waals surface area contributed by atoms with Crippen molar-refractivity contribution in [2.24, 2.45) is 0 Å². The summed E-state index contributed by atoms with van der Waals surface area (Å²) in [4.78, 5) is 0. The highest BCUT2D eigenvalue weighted by atomic mass is 16.3. The van der Waals surface area contributed by atoms with Crippen molar-refractivity contribution in [1.29, 1.82) is 0 Å². The minimum atomic E-state index is -0.458. The summed E-state index contributed by atoms with van der Waals surface area (Å²) in [5.74, 6) is 0. The predicted molar refractivity (Wildman–Crippen MR) is 32.7 cm³/mol. The summed E-state index contributed by atoms with van der Waals surface area (Å²) in [7, 11) is 0. The predicted octanol–water partition coefficient (Wildman–Crippen LogP) is 0.119. The Labute approximate surface area is 49.9 Å². The van der Waals surface area contributed by atoms with Crippen molar-refractivity contribution in [3.63, 3.8) is 0 Å². The Morgan fingerprint density at radius 1 is 1.75 bits per heavy atom. The van der Waals surface area contributed by atoms with Crippen LogP contribution in [0.5, 0.6) is 0 Å². The van der Waals surface area contributed by atoms with E-state index in [1.54, 1.807) is 0 Å². The Balaban J connectivity index is 2.54. The fraction of sp³-hybridized carbons (Fsp3) is 1.00. The van der Waals surface area contributed by atoms with Crippen molar-refractivity contribution in [3.8, 4) is 0 Å². The summed E-state index contributed by atoms with van der Waals surface area (Å²) in [6, 6.07) is 0.266.